The lowest BCUT2D eigenvalue weighted by Gasteiger charge is -2.40. The molecule has 1 aliphatic rings. The number of hydrogen-bond donors (Lipinski definition) is 2. The van der Waals surface area contributed by atoms with E-state index in [1.165, 1.54) is 0 Å². The number of carbonyl (C=O) groups excluding carboxylic acids is 1. The lowest BCUT2D eigenvalue weighted by Crippen LogP contribution is -2.46. The molecule has 1 saturated carbocycles. The van der Waals surface area contributed by atoms with Crippen molar-refractivity contribution < 1.29 is 19.4 Å². The van der Waals surface area contributed by atoms with Gasteiger partial charge in [-0.05, 0) is 25.7 Å². The molecule has 0 saturated heterocycles. The van der Waals surface area contributed by atoms with Gasteiger partial charge >= 0.3 is 5.97 Å². The highest BCUT2D eigenvalue weighted by molar-refractivity contribution is 5.78. The van der Waals surface area contributed by atoms with Crippen LogP contribution in [0, 0.1) is 0 Å². The van der Waals surface area contributed by atoms with Crippen molar-refractivity contribution in [1.82, 2.24) is 5.32 Å². The topological polar surface area (TPSA) is 75.6 Å². The van der Waals surface area contributed by atoms with Crippen LogP contribution in [-0.2, 0) is 14.3 Å². The summed E-state index contributed by atoms with van der Waals surface area (Å²) in [5, 5.41) is 11.4. The Balaban J connectivity index is 2.39. The van der Waals surface area contributed by atoms with Crippen molar-refractivity contribution in [3.05, 3.63) is 0 Å². The highest BCUT2D eigenvalue weighted by Crippen LogP contribution is 2.37. The van der Waals surface area contributed by atoms with E-state index in [-0.39, 0.29) is 24.0 Å². The fraction of sp³-hybridized carbons (Fsp3) is 0.833. The highest BCUT2D eigenvalue weighted by Gasteiger charge is 2.39. The molecule has 0 aromatic rings. The molecule has 0 aromatic carbocycles. The Morgan fingerprint density at radius 1 is 1.47 bits per heavy atom. The largest absolute Gasteiger partial charge is 0.481 e. The van der Waals surface area contributed by atoms with Crippen LogP contribution in [0.25, 0.3) is 0 Å². The summed E-state index contributed by atoms with van der Waals surface area (Å²) in [6.07, 6.45) is 3.84. The van der Waals surface area contributed by atoms with E-state index in [1.807, 2.05) is 6.92 Å². The molecule has 1 fully saturated rings. The molecule has 0 aromatic heterocycles. The van der Waals surface area contributed by atoms with Gasteiger partial charge < -0.3 is 15.2 Å². The van der Waals surface area contributed by atoms with Crippen LogP contribution in [-0.4, -0.2) is 35.7 Å². The van der Waals surface area contributed by atoms with Crippen molar-refractivity contribution in [3.8, 4) is 0 Å². The zero-order valence-electron chi connectivity index (χ0n) is 10.5. The Kier molecular flexibility index (Phi) is 4.93. The fourth-order valence-corrected chi connectivity index (χ4v) is 2.10. The first-order valence-electron chi connectivity index (χ1n) is 6.07. The Hall–Kier alpha value is -1.10. The summed E-state index contributed by atoms with van der Waals surface area (Å²) < 4.78 is 5.36. The summed E-state index contributed by atoms with van der Waals surface area (Å²) >= 11 is 0. The number of carbonyl (C=O) groups is 2. The number of aliphatic carboxylic acids is 1. The van der Waals surface area contributed by atoms with E-state index in [1.54, 1.807) is 7.11 Å². The highest BCUT2D eigenvalue weighted by atomic mass is 16.5. The Morgan fingerprint density at radius 3 is 2.47 bits per heavy atom. The first kappa shape index (κ1) is 14.0. The molecule has 0 aliphatic heterocycles. The van der Waals surface area contributed by atoms with Crippen LogP contribution in [0.15, 0.2) is 0 Å². The minimum absolute atomic E-state index is 0.0256. The smallest absolute Gasteiger partial charge is 0.305 e. The Morgan fingerprint density at radius 2 is 2.12 bits per heavy atom. The SMILES string of the molecule is CCC(CC(=O)O)NC(=O)CC1(OC)CCC1. The summed E-state index contributed by atoms with van der Waals surface area (Å²) in [5.74, 6) is -0.998. The molecule has 2 N–H and O–H groups in total. The predicted molar refractivity (Wildman–Crippen MR) is 62.7 cm³/mol. The lowest BCUT2D eigenvalue weighted by molar-refractivity contribution is -0.138. The van der Waals surface area contributed by atoms with Gasteiger partial charge in [-0.1, -0.05) is 6.92 Å². The average Bonchev–Trinajstić information content (AvgIpc) is 2.21. The van der Waals surface area contributed by atoms with Gasteiger partial charge in [0.25, 0.3) is 0 Å². The van der Waals surface area contributed by atoms with Crippen molar-refractivity contribution in [1.29, 1.82) is 0 Å². The van der Waals surface area contributed by atoms with E-state index < -0.39 is 5.97 Å². The summed E-state index contributed by atoms with van der Waals surface area (Å²) in [6, 6.07) is -0.283. The second kappa shape index (κ2) is 6.00. The predicted octanol–water partition coefficient (Wildman–Crippen LogP) is 1.32. The second-order valence-corrected chi connectivity index (χ2v) is 4.69. The number of ether oxygens (including phenoxy) is 1. The van der Waals surface area contributed by atoms with Gasteiger partial charge in [-0.3, -0.25) is 9.59 Å². The minimum Gasteiger partial charge on any atom is -0.481 e. The van der Waals surface area contributed by atoms with Crippen molar-refractivity contribution in [3.63, 3.8) is 0 Å². The van der Waals surface area contributed by atoms with E-state index >= 15 is 0 Å². The zero-order chi connectivity index (χ0) is 12.9. The quantitative estimate of drug-likeness (QED) is 0.707. The molecule has 1 rings (SSSR count). The molecule has 1 unspecified atom stereocenters. The van der Waals surface area contributed by atoms with Crippen molar-refractivity contribution in [2.45, 2.75) is 57.1 Å². The minimum atomic E-state index is -0.887. The summed E-state index contributed by atoms with van der Waals surface area (Å²) in [7, 11) is 1.63. The molecule has 98 valence electrons. The molecule has 17 heavy (non-hydrogen) atoms. The van der Waals surface area contributed by atoms with Gasteiger partial charge in [0.05, 0.1) is 18.4 Å². The number of methoxy groups -OCH3 is 1. The van der Waals surface area contributed by atoms with Gasteiger partial charge in [0.15, 0.2) is 0 Å². The van der Waals surface area contributed by atoms with Gasteiger partial charge in [0.2, 0.25) is 5.91 Å². The molecule has 0 bridgehead atoms. The van der Waals surface area contributed by atoms with Crippen molar-refractivity contribution in [2.75, 3.05) is 7.11 Å². The zero-order valence-corrected chi connectivity index (χ0v) is 10.5. The van der Waals surface area contributed by atoms with Crippen LogP contribution in [0.5, 0.6) is 0 Å². The second-order valence-electron chi connectivity index (χ2n) is 4.69. The molecule has 1 aliphatic carbocycles. The maximum atomic E-state index is 11.8. The molecular weight excluding hydrogens is 222 g/mol. The van der Waals surface area contributed by atoms with Gasteiger partial charge in [-0.2, -0.15) is 0 Å². The maximum Gasteiger partial charge on any atom is 0.305 e. The number of carboxylic acids is 1. The Labute approximate surface area is 102 Å². The van der Waals surface area contributed by atoms with Crippen LogP contribution in [0.4, 0.5) is 0 Å². The lowest BCUT2D eigenvalue weighted by atomic mass is 9.77. The van der Waals surface area contributed by atoms with Crippen LogP contribution in [0.3, 0.4) is 0 Å². The third-order valence-corrected chi connectivity index (χ3v) is 3.46. The summed E-state index contributed by atoms with van der Waals surface area (Å²) in [6.45, 7) is 1.86. The number of amides is 1. The number of hydrogen-bond acceptors (Lipinski definition) is 3. The van der Waals surface area contributed by atoms with Gasteiger partial charge in [-0.15, -0.1) is 0 Å². The number of rotatable bonds is 7. The molecule has 0 spiro atoms. The molecular formula is C12H21NO4. The molecule has 1 amide bonds. The maximum absolute atomic E-state index is 11.8. The first-order valence-corrected chi connectivity index (χ1v) is 6.07. The summed E-state index contributed by atoms with van der Waals surface area (Å²) in [4.78, 5) is 22.4. The standard InChI is InChI=1S/C12H21NO4/c1-3-9(7-11(15)16)13-10(14)8-12(17-2)5-4-6-12/h9H,3-8H2,1-2H3,(H,13,14)(H,15,16). The van der Waals surface area contributed by atoms with Gasteiger partial charge in [0, 0.05) is 13.2 Å². The van der Waals surface area contributed by atoms with Crippen molar-refractivity contribution in [2.24, 2.45) is 0 Å². The monoisotopic (exact) mass is 243 g/mol. The van der Waals surface area contributed by atoms with Crippen LogP contribution in [0.2, 0.25) is 0 Å². The van der Waals surface area contributed by atoms with Crippen LogP contribution >= 0.6 is 0 Å². The fourth-order valence-electron chi connectivity index (χ4n) is 2.10. The van der Waals surface area contributed by atoms with Crippen molar-refractivity contribution >= 4 is 11.9 Å². The molecule has 5 nitrogen and oxygen atoms in total. The molecule has 0 heterocycles. The first-order chi connectivity index (χ1) is 8.01. The van der Waals surface area contributed by atoms with E-state index in [0.717, 1.165) is 19.3 Å². The normalized spacial score (nSPS) is 19.2. The van der Waals surface area contributed by atoms with Crippen LogP contribution in [0.1, 0.15) is 45.4 Å². The van der Waals surface area contributed by atoms with Gasteiger partial charge in [0.1, 0.15) is 0 Å². The van der Waals surface area contributed by atoms with E-state index in [9.17, 15) is 9.59 Å². The van der Waals surface area contributed by atoms with E-state index in [2.05, 4.69) is 5.32 Å². The van der Waals surface area contributed by atoms with E-state index in [0.29, 0.717) is 12.8 Å². The third kappa shape index (κ3) is 4.00. The third-order valence-electron chi connectivity index (χ3n) is 3.46. The van der Waals surface area contributed by atoms with Crippen LogP contribution < -0.4 is 5.32 Å². The summed E-state index contributed by atoms with van der Waals surface area (Å²) in [5.41, 5.74) is -0.300. The van der Waals surface area contributed by atoms with Gasteiger partial charge in [-0.25, -0.2) is 0 Å². The molecule has 5 heteroatoms. The number of nitrogens with one attached hydrogen (secondary N) is 1. The molecule has 0 radical (unpaired) electrons. The van der Waals surface area contributed by atoms with E-state index in [4.69, 9.17) is 9.84 Å². The molecule has 1 atom stereocenters. The average molecular weight is 243 g/mol. The number of carboxylic acid groups (broad SMARTS) is 1. The Bertz CT molecular complexity index is 281.